The first kappa shape index (κ1) is 4.56. The van der Waals surface area contributed by atoms with Gasteiger partial charge in [0.05, 0.1) is 0 Å². The molecule has 2 heteroatoms. The lowest BCUT2D eigenvalue weighted by Gasteiger charge is -1.89. The number of fused-ring (bicyclic) bond motifs is 1. The molecule has 0 aliphatic carbocycles. The number of allylic oxidation sites excluding steroid dienone is 1. The first-order valence-electron chi connectivity index (χ1n) is 2.78. The van der Waals surface area contributed by atoms with Crippen molar-refractivity contribution in [2.24, 2.45) is 0 Å². The largest absolute Gasteiger partial charge is 0.284 e. The van der Waals surface area contributed by atoms with Crippen LogP contribution in [0, 0.1) is 0 Å². The minimum atomic E-state index is 0.0509. The molecule has 1 aromatic heterocycles. The molecule has 9 heavy (non-hydrogen) atoms. The minimum Gasteiger partial charge on any atom is -0.284 e. The van der Waals surface area contributed by atoms with Crippen LogP contribution < -0.4 is 0 Å². The maximum Gasteiger partial charge on any atom is 0.255 e. The van der Waals surface area contributed by atoms with Crippen LogP contribution >= 0.6 is 0 Å². The van der Waals surface area contributed by atoms with Crippen molar-refractivity contribution >= 4 is 12.0 Å². The molecule has 2 nitrogen and oxygen atoms in total. The average molecular weight is 119 g/mol. The Morgan fingerprint density at radius 3 is 3.00 bits per heavy atom. The summed E-state index contributed by atoms with van der Waals surface area (Å²) in [6.07, 6.45) is 5.13. The summed E-state index contributed by atoms with van der Waals surface area (Å²) < 4.78 is 1.61. The molecule has 0 unspecified atom stereocenters. The molecule has 0 saturated heterocycles. The number of nitrogens with zero attached hydrogens (tertiary/aromatic N) is 1. The van der Waals surface area contributed by atoms with E-state index >= 15 is 0 Å². The molecule has 2 heterocycles. The van der Waals surface area contributed by atoms with Crippen LogP contribution in [0.25, 0.3) is 6.08 Å². The quantitative estimate of drug-likeness (QED) is 0.502. The fraction of sp³-hybridized carbons (Fsp3) is 0. The molecule has 0 N–H and O–H groups in total. The highest BCUT2D eigenvalue weighted by Gasteiger charge is 2.08. The summed E-state index contributed by atoms with van der Waals surface area (Å²) in [5.74, 6) is 0.0509. The van der Waals surface area contributed by atoms with Gasteiger partial charge in [0.2, 0.25) is 0 Å². The van der Waals surface area contributed by atoms with Gasteiger partial charge in [-0.1, -0.05) is 0 Å². The van der Waals surface area contributed by atoms with E-state index in [1.165, 1.54) is 0 Å². The van der Waals surface area contributed by atoms with E-state index in [-0.39, 0.29) is 5.91 Å². The molecule has 0 radical (unpaired) electrons. The van der Waals surface area contributed by atoms with Crippen molar-refractivity contribution < 1.29 is 4.79 Å². The molecule has 0 bridgehead atoms. The fourth-order valence-electron chi connectivity index (χ4n) is 0.968. The number of hydrogen-bond donors (Lipinski definition) is 0. The third-order valence-corrected chi connectivity index (χ3v) is 1.41. The summed E-state index contributed by atoms with van der Waals surface area (Å²) in [5.41, 5.74) is 0.972. The van der Waals surface area contributed by atoms with Gasteiger partial charge in [0.25, 0.3) is 5.91 Å². The topological polar surface area (TPSA) is 22.0 Å². The standard InChI is InChI=1S/C7H5NO/c9-7-4-3-6-2-1-5-8(6)7/h1-5H. The molecule has 44 valence electrons. The molecule has 1 aliphatic heterocycles. The number of aromatic nitrogens is 1. The summed E-state index contributed by atoms with van der Waals surface area (Å²) >= 11 is 0. The fourth-order valence-corrected chi connectivity index (χ4v) is 0.968. The highest BCUT2D eigenvalue weighted by atomic mass is 16.2. The summed E-state index contributed by atoms with van der Waals surface area (Å²) in [4.78, 5) is 10.8. The van der Waals surface area contributed by atoms with Gasteiger partial charge in [0.1, 0.15) is 0 Å². The Labute approximate surface area is 52.4 Å². The van der Waals surface area contributed by atoms with E-state index in [4.69, 9.17) is 0 Å². The summed E-state index contributed by atoms with van der Waals surface area (Å²) in [6.45, 7) is 0. The highest BCUT2D eigenvalue weighted by molar-refractivity contribution is 5.99. The van der Waals surface area contributed by atoms with Gasteiger partial charge in [0.15, 0.2) is 0 Å². The molecule has 0 fully saturated rings. The van der Waals surface area contributed by atoms with Gasteiger partial charge in [-0.3, -0.25) is 9.36 Å². The van der Waals surface area contributed by atoms with Gasteiger partial charge < -0.3 is 0 Å². The van der Waals surface area contributed by atoms with Crippen molar-refractivity contribution in [2.45, 2.75) is 0 Å². The molecule has 0 aromatic carbocycles. The second-order valence-electron chi connectivity index (χ2n) is 1.97. The Morgan fingerprint density at radius 1 is 1.33 bits per heavy atom. The van der Waals surface area contributed by atoms with Crippen LogP contribution in [0.3, 0.4) is 0 Å². The number of rotatable bonds is 0. The van der Waals surface area contributed by atoms with Gasteiger partial charge in [-0.2, -0.15) is 0 Å². The van der Waals surface area contributed by atoms with E-state index in [0.717, 1.165) is 5.69 Å². The van der Waals surface area contributed by atoms with Gasteiger partial charge in [0, 0.05) is 18.0 Å². The van der Waals surface area contributed by atoms with Crippen molar-refractivity contribution in [1.82, 2.24) is 4.57 Å². The van der Waals surface area contributed by atoms with Gasteiger partial charge in [-0.25, -0.2) is 0 Å². The van der Waals surface area contributed by atoms with Crippen LogP contribution in [0.5, 0.6) is 0 Å². The Balaban J connectivity index is 2.73. The first-order valence-corrected chi connectivity index (χ1v) is 2.78. The second-order valence-corrected chi connectivity index (χ2v) is 1.97. The highest BCUT2D eigenvalue weighted by Crippen LogP contribution is 2.10. The molecule has 0 saturated carbocycles. The normalized spacial score (nSPS) is 14.4. The number of carbonyl (C=O) groups excluding carboxylic acids is 1. The lowest BCUT2D eigenvalue weighted by atomic mass is 10.4. The van der Waals surface area contributed by atoms with Crippen LogP contribution in [-0.2, 0) is 0 Å². The van der Waals surface area contributed by atoms with Crippen molar-refractivity contribution in [3.05, 3.63) is 30.1 Å². The zero-order chi connectivity index (χ0) is 6.27. The smallest absolute Gasteiger partial charge is 0.255 e. The zero-order valence-corrected chi connectivity index (χ0v) is 4.74. The molecule has 0 spiro atoms. The summed E-state index contributed by atoms with van der Waals surface area (Å²) in [7, 11) is 0. The van der Waals surface area contributed by atoms with Crippen LogP contribution in [0.4, 0.5) is 0 Å². The Kier molecular flexibility index (Phi) is 0.681. The SMILES string of the molecule is O=C1C=Cc2cccn21. The zero-order valence-electron chi connectivity index (χ0n) is 4.74. The maximum absolute atomic E-state index is 10.8. The van der Waals surface area contributed by atoms with E-state index in [2.05, 4.69) is 0 Å². The summed E-state index contributed by atoms with van der Waals surface area (Å²) in [5, 5.41) is 0. The second kappa shape index (κ2) is 1.35. The molecular weight excluding hydrogens is 114 g/mol. The number of hydrogen-bond acceptors (Lipinski definition) is 1. The van der Waals surface area contributed by atoms with E-state index in [9.17, 15) is 4.79 Å². The molecule has 1 aliphatic rings. The molecular formula is C7H5NO. The van der Waals surface area contributed by atoms with Crippen molar-refractivity contribution in [3.63, 3.8) is 0 Å². The molecule has 0 amide bonds. The van der Waals surface area contributed by atoms with Crippen molar-refractivity contribution in [2.75, 3.05) is 0 Å². The third-order valence-electron chi connectivity index (χ3n) is 1.41. The lowest BCUT2D eigenvalue weighted by Crippen LogP contribution is -2.00. The predicted octanol–water partition coefficient (Wildman–Crippen LogP) is 1.16. The molecule has 0 atom stereocenters. The molecule has 1 aromatic rings. The monoisotopic (exact) mass is 119 g/mol. The number of carbonyl (C=O) groups is 1. The average Bonchev–Trinajstić information content (AvgIpc) is 2.35. The first-order chi connectivity index (χ1) is 4.38. The van der Waals surface area contributed by atoms with E-state index in [0.29, 0.717) is 0 Å². The van der Waals surface area contributed by atoms with Crippen LogP contribution in [-0.4, -0.2) is 10.5 Å². The van der Waals surface area contributed by atoms with Crippen LogP contribution in [0.15, 0.2) is 24.4 Å². The molecule has 2 rings (SSSR count). The minimum absolute atomic E-state index is 0.0509. The van der Waals surface area contributed by atoms with Gasteiger partial charge in [-0.15, -0.1) is 0 Å². The van der Waals surface area contributed by atoms with Crippen molar-refractivity contribution in [1.29, 1.82) is 0 Å². The Hall–Kier alpha value is -1.31. The van der Waals surface area contributed by atoms with Crippen LogP contribution in [0.2, 0.25) is 0 Å². The maximum atomic E-state index is 10.8. The van der Waals surface area contributed by atoms with Crippen LogP contribution in [0.1, 0.15) is 10.5 Å². The van der Waals surface area contributed by atoms with Gasteiger partial charge >= 0.3 is 0 Å². The van der Waals surface area contributed by atoms with E-state index in [1.54, 1.807) is 16.8 Å². The van der Waals surface area contributed by atoms with Gasteiger partial charge in [-0.05, 0) is 18.2 Å². The Bertz CT molecular complexity index is 283. The lowest BCUT2D eigenvalue weighted by molar-refractivity contribution is 0.0974. The van der Waals surface area contributed by atoms with Crippen molar-refractivity contribution in [3.8, 4) is 0 Å². The van der Waals surface area contributed by atoms with E-state index in [1.807, 2.05) is 18.2 Å². The predicted molar refractivity (Wildman–Crippen MR) is 34.1 cm³/mol. The summed E-state index contributed by atoms with van der Waals surface area (Å²) in [6, 6.07) is 3.76. The third kappa shape index (κ3) is 0.470. The van der Waals surface area contributed by atoms with E-state index < -0.39 is 0 Å². The Morgan fingerprint density at radius 2 is 2.22 bits per heavy atom.